The van der Waals surface area contributed by atoms with Crippen molar-refractivity contribution in [3.63, 3.8) is 0 Å². The molecule has 1 N–H and O–H groups in total. The van der Waals surface area contributed by atoms with Gasteiger partial charge in [-0.3, -0.25) is 4.68 Å². The number of nitrogens with zero attached hydrogens (tertiary/aromatic N) is 2. The van der Waals surface area contributed by atoms with Crippen molar-refractivity contribution in [1.29, 1.82) is 0 Å². The molecule has 1 aliphatic heterocycles. The topological polar surface area (TPSA) is 29.9 Å². The third-order valence-corrected chi connectivity index (χ3v) is 3.19. The van der Waals surface area contributed by atoms with Crippen molar-refractivity contribution in [2.75, 3.05) is 6.54 Å². The number of aromatic nitrogens is 2. The first-order valence-electron chi connectivity index (χ1n) is 4.70. The predicted molar refractivity (Wildman–Crippen MR) is 55.5 cm³/mol. The minimum Gasteiger partial charge on any atom is -0.309 e. The fourth-order valence-electron chi connectivity index (χ4n) is 1.90. The summed E-state index contributed by atoms with van der Waals surface area (Å²) in [4.78, 5) is 0. The summed E-state index contributed by atoms with van der Waals surface area (Å²) in [7, 11) is 2.00. The molecule has 0 amide bonds. The molecule has 1 atom stereocenters. The van der Waals surface area contributed by atoms with E-state index in [1.165, 1.54) is 25.0 Å². The molecule has 0 spiro atoms. The molecule has 2 heterocycles. The van der Waals surface area contributed by atoms with Gasteiger partial charge in [-0.05, 0) is 35.3 Å². The van der Waals surface area contributed by atoms with Crippen molar-refractivity contribution in [3.8, 4) is 0 Å². The first kappa shape index (κ1) is 9.21. The fraction of sp³-hybridized carbons (Fsp3) is 0.667. The summed E-state index contributed by atoms with van der Waals surface area (Å²) in [5.74, 6) is 0. The van der Waals surface area contributed by atoms with E-state index in [2.05, 4.69) is 26.3 Å². The zero-order chi connectivity index (χ0) is 9.26. The summed E-state index contributed by atoms with van der Waals surface area (Å²) in [6.07, 6.45) is 5.70. The van der Waals surface area contributed by atoms with E-state index < -0.39 is 0 Å². The van der Waals surface area contributed by atoms with Crippen molar-refractivity contribution in [2.24, 2.45) is 7.05 Å². The predicted octanol–water partition coefficient (Wildman–Crippen LogP) is 2.00. The maximum absolute atomic E-state index is 4.22. The van der Waals surface area contributed by atoms with E-state index in [4.69, 9.17) is 0 Å². The van der Waals surface area contributed by atoms with Crippen LogP contribution in [0.2, 0.25) is 0 Å². The summed E-state index contributed by atoms with van der Waals surface area (Å²) < 4.78 is 3.07. The molecule has 1 aromatic heterocycles. The van der Waals surface area contributed by atoms with Crippen molar-refractivity contribution < 1.29 is 0 Å². The number of hydrogen-bond acceptors (Lipinski definition) is 2. The van der Waals surface area contributed by atoms with Gasteiger partial charge in [-0.15, -0.1) is 0 Å². The van der Waals surface area contributed by atoms with Crippen LogP contribution in [0.3, 0.4) is 0 Å². The average Bonchev–Trinajstić information content (AvgIpc) is 2.48. The number of halogens is 1. The zero-order valence-corrected chi connectivity index (χ0v) is 9.34. The zero-order valence-electron chi connectivity index (χ0n) is 7.76. The van der Waals surface area contributed by atoms with Crippen LogP contribution >= 0.6 is 15.9 Å². The maximum atomic E-state index is 4.22. The highest BCUT2D eigenvalue weighted by molar-refractivity contribution is 9.10. The molecular formula is C9H14BrN3. The van der Waals surface area contributed by atoms with Gasteiger partial charge in [-0.25, -0.2) is 0 Å². The lowest BCUT2D eigenvalue weighted by Gasteiger charge is -2.23. The molecule has 2 rings (SSSR count). The fourth-order valence-corrected chi connectivity index (χ4v) is 2.52. The monoisotopic (exact) mass is 243 g/mol. The molecule has 1 saturated heterocycles. The number of piperidine rings is 1. The van der Waals surface area contributed by atoms with E-state index in [0.29, 0.717) is 6.04 Å². The first-order chi connectivity index (χ1) is 6.29. The smallest absolute Gasteiger partial charge is 0.0692 e. The van der Waals surface area contributed by atoms with E-state index in [1.54, 1.807) is 0 Å². The van der Waals surface area contributed by atoms with Gasteiger partial charge in [0.05, 0.1) is 22.4 Å². The molecule has 1 aliphatic rings. The molecule has 0 aliphatic carbocycles. The number of aryl methyl sites for hydroxylation is 1. The summed E-state index contributed by atoms with van der Waals surface area (Å²) in [6.45, 7) is 1.13. The van der Waals surface area contributed by atoms with Gasteiger partial charge in [-0.1, -0.05) is 6.42 Å². The second-order valence-corrected chi connectivity index (χ2v) is 4.36. The third kappa shape index (κ3) is 1.79. The quantitative estimate of drug-likeness (QED) is 0.818. The first-order valence-corrected chi connectivity index (χ1v) is 5.49. The van der Waals surface area contributed by atoms with E-state index in [9.17, 15) is 0 Å². The number of nitrogens with one attached hydrogen (secondary N) is 1. The Balaban J connectivity index is 2.22. The molecule has 0 radical (unpaired) electrons. The second kappa shape index (κ2) is 3.80. The van der Waals surface area contributed by atoms with Gasteiger partial charge in [0, 0.05) is 7.05 Å². The van der Waals surface area contributed by atoms with Gasteiger partial charge < -0.3 is 5.32 Å². The van der Waals surface area contributed by atoms with Crippen molar-refractivity contribution in [1.82, 2.24) is 15.1 Å². The van der Waals surface area contributed by atoms with Gasteiger partial charge in [-0.2, -0.15) is 5.10 Å². The lowest BCUT2D eigenvalue weighted by Crippen LogP contribution is -2.28. The van der Waals surface area contributed by atoms with Gasteiger partial charge in [0.15, 0.2) is 0 Å². The minimum absolute atomic E-state index is 0.482. The highest BCUT2D eigenvalue weighted by Crippen LogP contribution is 2.28. The van der Waals surface area contributed by atoms with E-state index >= 15 is 0 Å². The lowest BCUT2D eigenvalue weighted by molar-refractivity contribution is 0.392. The SMILES string of the molecule is Cn1ncc(Br)c1C1CCCCN1. The van der Waals surface area contributed by atoms with Crippen molar-refractivity contribution in [2.45, 2.75) is 25.3 Å². The summed E-state index contributed by atoms with van der Waals surface area (Å²) in [5.41, 5.74) is 1.28. The Morgan fingerprint density at radius 1 is 1.62 bits per heavy atom. The Bertz CT molecular complexity index is 270. The van der Waals surface area contributed by atoms with Crippen LogP contribution in [-0.2, 0) is 7.05 Å². The van der Waals surface area contributed by atoms with Crippen LogP contribution in [-0.4, -0.2) is 16.3 Å². The normalized spacial score (nSPS) is 23.4. The Hall–Kier alpha value is -0.350. The Morgan fingerprint density at radius 2 is 2.46 bits per heavy atom. The van der Waals surface area contributed by atoms with Crippen LogP contribution in [0, 0.1) is 0 Å². The van der Waals surface area contributed by atoms with Gasteiger partial charge >= 0.3 is 0 Å². The summed E-state index contributed by atoms with van der Waals surface area (Å²) >= 11 is 3.53. The minimum atomic E-state index is 0.482. The van der Waals surface area contributed by atoms with Crippen molar-refractivity contribution in [3.05, 3.63) is 16.4 Å². The summed E-state index contributed by atoms with van der Waals surface area (Å²) in [5, 5.41) is 7.73. The van der Waals surface area contributed by atoms with Crippen LogP contribution in [0.4, 0.5) is 0 Å². The Labute approximate surface area is 86.6 Å². The van der Waals surface area contributed by atoms with Gasteiger partial charge in [0.25, 0.3) is 0 Å². The molecule has 1 unspecified atom stereocenters. The van der Waals surface area contributed by atoms with Gasteiger partial charge in [0.2, 0.25) is 0 Å². The highest BCUT2D eigenvalue weighted by atomic mass is 79.9. The van der Waals surface area contributed by atoms with Crippen LogP contribution in [0.15, 0.2) is 10.7 Å². The van der Waals surface area contributed by atoms with E-state index in [1.807, 2.05) is 17.9 Å². The highest BCUT2D eigenvalue weighted by Gasteiger charge is 2.20. The molecule has 1 aromatic rings. The molecule has 1 fully saturated rings. The summed E-state index contributed by atoms with van der Waals surface area (Å²) in [6, 6.07) is 0.482. The lowest BCUT2D eigenvalue weighted by atomic mass is 10.0. The van der Waals surface area contributed by atoms with Gasteiger partial charge in [0.1, 0.15) is 0 Å². The molecule has 0 aromatic carbocycles. The molecule has 72 valence electrons. The molecular weight excluding hydrogens is 230 g/mol. The molecule has 4 heteroatoms. The number of rotatable bonds is 1. The maximum Gasteiger partial charge on any atom is 0.0692 e. The van der Waals surface area contributed by atoms with Crippen LogP contribution < -0.4 is 5.32 Å². The Morgan fingerprint density at radius 3 is 3.00 bits per heavy atom. The average molecular weight is 244 g/mol. The standard InChI is InChI=1S/C9H14BrN3/c1-13-9(7(10)6-12-13)8-4-2-3-5-11-8/h6,8,11H,2-5H2,1H3. The largest absolute Gasteiger partial charge is 0.309 e. The third-order valence-electron chi connectivity index (χ3n) is 2.58. The molecule has 3 nitrogen and oxygen atoms in total. The second-order valence-electron chi connectivity index (χ2n) is 3.50. The van der Waals surface area contributed by atoms with Crippen LogP contribution in [0.25, 0.3) is 0 Å². The number of hydrogen-bond donors (Lipinski definition) is 1. The van der Waals surface area contributed by atoms with E-state index in [-0.39, 0.29) is 0 Å². The Kier molecular flexibility index (Phi) is 2.69. The van der Waals surface area contributed by atoms with Crippen molar-refractivity contribution >= 4 is 15.9 Å². The molecule has 0 bridgehead atoms. The molecule has 13 heavy (non-hydrogen) atoms. The van der Waals surface area contributed by atoms with Crippen LogP contribution in [0.1, 0.15) is 31.0 Å². The van der Waals surface area contributed by atoms with Crippen LogP contribution in [0.5, 0.6) is 0 Å². The van der Waals surface area contributed by atoms with E-state index in [0.717, 1.165) is 11.0 Å². The molecule has 0 saturated carbocycles.